The summed E-state index contributed by atoms with van der Waals surface area (Å²) in [6.45, 7) is 5.77. The highest BCUT2D eigenvalue weighted by molar-refractivity contribution is 5.85. The Morgan fingerprint density at radius 2 is 2.10 bits per heavy atom. The molecular formula is C13H22ClN5O2. The first-order valence-electron chi connectivity index (χ1n) is 6.87. The van der Waals surface area contributed by atoms with Crippen molar-refractivity contribution in [3.63, 3.8) is 0 Å². The average molecular weight is 316 g/mol. The Hall–Kier alpha value is -1.60. The number of hydrogen-bond donors (Lipinski definition) is 1. The van der Waals surface area contributed by atoms with Crippen LogP contribution in [0.3, 0.4) is 0 Å². The third-order valence-corrected chi connectivity index (χ3v) is 3.15. The van der Waals surface area contributed by atoms with Crippen molar-refractivity contribution in [1.82, 2.24) is 20.2 Å². The van der Waals surface area contributed by atoms with Crippen molar-refractivity contribution in [2.45, 2.75) is 6.92 Å². The Bertz CT molecular complexity index is 452. The smallest absolute Gasteiger partial charge is 0.236 e. The van der Waals surface area contributed by atoms with Gasteiger partial charge in [-0.15, -0.1) is 12.4 Å². The minimum Gasteiger partial charge on any atom is -0.478 e. The average Bonchev–Trinajstić information content (AvgIpc) is 2.48. The van der Waals surface area contributed by atoms with E-state index in [2.05, 4.69) is 20.2 Å². The molecule has 1 aliphatic rings. The van der Waals surface area contributed by atoms with Crippen LogP contribution in [-0.2, 0) is 4.79 Å². The molecule has 0 bridgehead atoms. The molecule has 0 aliphatic carbocycles. The van der Waals surface area contributed by atoms with Gasteiger partial charge >= 0.3 is 0 Å². The van der Waals surface area contributed by atoms with E-state index in [1.54, 1.807) is 19.3 Å². The minimum absolute atomic E-state index is 0. The molecule has 0 spiro atoms. The summed E-state index contributed by atoms with van der Waals surface area (Å²) in [5, 5.41) is 2.88. The molecule has 1 N–H and O–H groups in total. The number of halogens is 1. The normalized spacial score (nSPS) is 14.6. The first-order chi connectivity index (χ1) is 9.74. The van der Waals surface area contributed by atoms with Crippen LogP contribution in [0, 0.1) is 0 Å². The summed E-state index contributed by atoms with van der Waals surface area (Å²) in [5.74, 6) is 1.39. The standard InChI is InChI=1S/C13H21N5O2.ClH/c1-3-20-11-4-5-15-13(16-11)18-8-6-17(7-9-18)12(19)10-14-2;/h4-5,14H,3,6-10H2,1-2H3;1H. The molecule has 21 heavy (non-hydrogen) atoms. The topological polar surface area (TPSA) is 70.6 Å². The predicted molar refractivity (Wildman–Crippen MR) is 83.2 cm³/mol. The van der Waals surface area contributed by atoms with Crippen LogP contribution >= 0.6 is 12.4 Å². The lowest BCUT2D eigenvalue weighted by atomic mass is 10.3. The van der Waals surface area contributed by atoms with E-state index in [0.29, 0.717) is 38.1 Å². The maximum atomic E-state index is 11.8. The van der Waals surface area contributed by atoms with E-state index < -0.39 is 0 Å². The number of aromatic nitrogens is 2. The SMILES string of the molecule is CCOc1ccnc(N2CCN(C(=O)CNC)CC2)n1.Cl. The molecule has 118 valence electrons. The molecule has 7 nitrogen and oxygen atoms in total. The minimum atomic E-state index is 0. The van der Waals surface area contributed by atoms with E-state index in [0.717, 1.165) is 13.1 Å². The van der Waals surface area contributed by atoms with E-state index in [1.165, 1.54) is 0 Å². The van der Waals surface area contributed by atoms with Crippen LogP contribution in [0.25, 0.3) is 0 Å². The molecular weight excluding hydrogens is 294 g/mol. The number of anilines is 1. The fraction of sp³-hybridized carbons (Fsp3) is 0.615. The fourth-order valence-electron chi connectivity index (χ4n) is 2.13. The van der Waals surface area contributed by atoms with Gasteiger partial charge in [-0.25, -0.2) is 4.98 Å². The molecule has 2 rings (SSSR count). The highest BCUT2D eigenvalue weighted by Gasteiger charge is 2.22. The van der Waals surface area contributed by atoms with Gasteiger partial charge in [-0.3, -0.25) is 4.79 Å². The van der Waals surface area contributed by atoms with Crippen LogP contribution in [0.4, 0.5) is 5.95 Å². The van der Waals surface area contributed by atoms with Gasteiger partial charge in [0, 0.05) is 38.4 Å². The van der Waals surface area contributed by atoms with Crippen molar-refractivity contribution >= 4 is 24.3 Å². The van der Waals surface area contributed by atoms with Gasteiger partial charge in [0.05, 0.1) is 13.2 Å². The van der Waals surface area contributed by atoms with Crippen molar-refractivity contribution in [1.29, 1.82) is 0 Å². The zero-order valence-electron chi connectivity index (χ0n) is 12.4. The van der Waals surface area contributed by atoms with Gasteiger partial charge < -0.3 is 19.9 Å². The van der Waals surface area contributed by atoms with Gasteiger partial charge in [0.1, 0.15) is 0 Å². The number of carbonyl (C=O) groups excluding carboxylic acids is 1. The monoisotopic (exact) mass is 315 g/mol. The number of carbonyl (C=O) groups is 1. The van der Waals surface area contributed by atoms with E-state index in [4.69, 9.17) is 4.74 Å². The zero-order chi connectivity index (χ0) is 14.4. The molecule has 1 aliphatic heterocycles. The summed E-state index contributed by atoms with van der Waals surface area (Å²) in [6, 6.07) is 1.75. The summed E-state index contributed by atoms with van der Waals surface area (Å²) in [7, 11) is 1.78. The second-order valence-corrected chi connectivity index (χ2v) is 4.53. The van der Waals surface area contributed by atoms with Gasteiger partial charge in [0.15, 0.2) is 0 Å². The molecule has 8 heteroatoms. The third-order valence-electron chi connectivity index (χ3n) is 3.15. The van der Waals surface area contributed by atoms with Crippen LogP contribution in [0.15, 0.2) is 12.3 Å². The Balaban J connectivity index is 0.00000220. The van der Waals surface area contributed by atoms with Crippen molar-refractivity contribution in [3.8, 4) is 5.88 Å². The maximum absolute atomic E-state index is 11.8. The summed E-state index contributed by atoms with van der Waals surface area (Å²) in [5.41, 5.74) is 0. The quantitative estimate of drug-likeness (QED) is 0.835. The summed E-state index contributed by atoms with van der Waals surface area (Å²) in [4.78, 5) is 24.3. The lowest BCUT2D eigenvalue weighted by molar-refractivity contribution is -0.130. The molecule has 0 aromatic carbocycles. The Morgan fingerprint density at radius 3 is 2.71 bits per heavy atom. The third kappa shape index (κ3) is 4.71. The molecule has 0 unspecified atom stereocenters. The molecule has 0 atom stereocenters. The summed E-state index contributed by atoms with van der Waals surface area (Å²) < 4.78 is 5.38. The van der Waals surface area contributed by atoms with Gasteiger partial charge in [-0.2, -0.15) is 4.98 Å². The van der Waals surface area contributed by atoms with Gasteiger partial charge in [-0.05, 0) is 14.0 Å². The van der Waals surface area contributed by atoms with Gasteiger partial charge in [0.25, 0.3) is 0 Å². The van der Waals surface area contributed by atoms with E-state index in [1.807, 2.05) is 11.8 Å². The number of amides is 1. The summed E-state index contributed by atoms with van der Waals surface area (Å²) >= 11 is 0. The van der Waals surface area contributed by atoms with Crippen LogP contribution < -0.4 is 15.0 Å². The Kier molecular flexibility index (Phi) is 7.18. The second-order valence-electron chi connectivity index (χ2n) is 4.53. The van der Waals surface area contributed by atoms with Crippen LogP contribution in [0.2, 0.25) is 0 Å². The molecule has 1 fully saturated rings. The predicted octanol–water partition coefficient (Wildman–Crippen LogP) is 0.165. The zero-order valence-corrected chi connectivity index (χ0v) is 13.2. The molecule has 1 aromatic heterocycles. The number of nitrogens with zero attached hydrogens (tertiary/aromatic N) is 4. The molecule has 2 heterocycles. The first kappa shape index (κ1) is 17.5. The Morgan fingerprint density at radius 1 is 1.38 bits per heavy atom. The van der Waals surface area contributed by atoms with Gasteiger partial charge in [-0.1, -0.05) is 0 Å². The number of piperazine rings is 1. The van der Waals surface area contributed by atoms with E-state index in [9.17, 15) is 4.79 Å². The lowest BCUT2D eigenvalue weighted by Crippen LogP contribution is -2.51. The molecule has 1 amide bonds. The lowest BCUT2D eigenvalue weighted by Gasteiger charge is -2.34. The highest BCUT2D eigenvalue weighted by atomic mass is 35.5. The highest BCUT2D eigenvalue weighted by Crippen LogP contribution is 2.14. The molecule has 0 saturated carbocycles. The number of ether oxygens (including phenoxy) is 1. The van der Waals surface area contributed by atoms with Crippen LogP contribution in [0.1, 0.15) is 6.92 Å². The largest absolute Gasteiger partial charge is 0.478 e. The molecule has 1 saturated heterocycles. The maximum Gasteiger partial charge on any atom is 0.236 e. The first-order valence-corrected chi connectivity index (χ1v) is 6.87. The molecule has 0 radical (unpaired) electrons. The molecule has 1 aromatic rings. The number of rotatable bonds is 5. The van der Waals surface area contributed by atoms with E-state index in [-0.39, 0.29) is 18.3 Å². The van der Waals surface area contributed by atoms with E-state index >= 15 is 0 Å². The number of hydrogen-bond acceptors (Lipinski definition) is 6. The van der Waals surface area contributed by atoms with Crippen LogP contribution in [0.5, 0.6) is 5.88 Å². The second kappa shape index (κ2) is 8.63. The number of nitrogens with one attached hydrogen (secondary N) is 1. The van der Waals surface area contributed by atoms with Crippen molar-refractivity contribution < 1.29 is 9.53 Å². The van der Waals surface area contributed by atoms with Crippen molar-refractivity contribution in [2.24, 2.45) is 0 Å². The van der Waals surface area contributed by atoms with Crippen molar-refractivity contribution in [3.05, 3.63) is 12.3 Å². The Labute approximate surface area is 131 Å². The number of likely N-dealkylation sites (N-methyl/N-ethyl adjacent to an activating group) is 1. The fourth-order valence-corrected chi connectivity index (χ4v) is 2.13. The van der Waals surface area contributed by atoms with Crippen LogP contribution in [-0.4, -0.2) is 67.2 Å². The van der Waals surface area contributed by atoms with Crippen molar-refractivity contribution in [2.75, 3.05) is 51.3 Å². The van der Waals surface area contributed by atoms with Gasteiger partial charge in [0.2, 0.25) is 17.7 Å². The summed E-state index contributed by atoms with van der Waals surface area (Å²) in [6.07, 6.45) is 1.70.